The standard InChI is InChI=1S/C20H28ClN5O5S/c1-4-31-19(27)17-16(13-25-9-11-26(12-10-25)32(29,30)24(2)3)22-20(28)23-18(17)14-5-7-15(21)8-6-14/h5-8,18H,4,9-13H2,1-3H3,(H2,22,23,28). The summed E-state index contributed by atoms with van der Waals surface area (Å²) in [5.74, 6) is -0.524. The van der Waals surface area contributed by atoms with Crippen molar-refractivity contribution in [3.63, 3.8) is 0 Å². The maximum atomic E-state index is 12.9. The Labute approximate surface area is 193 Å². The van der Waals surface area contributed by atoms with Crippen LogP contribution in [-0.2, 0) is 19.7 Å². The van der Waals surface area contributed by atoms with Crippen LogP contribution in [0, 0.1) is 0 Å². The predicted octanol–water partition coefficient (Wildman–Crippen LogP) is 0.935. The van der Waals surface area contributed by atoms with E-state index in [0.29, 0.717) is 48.0 Å². The highest BCUT2D eigenvalue weighted by molar-refractivity contribution is 7.86. The number of ether oxygens (including phenoxy) is 1. The molecule has 0 aromatic heterocycles. The first kappa shape index (κ1) is 24.5. The maximum absolute atomic E-state index is 12.9. The fraction of sp³-hybridized carbons (Fsp3) is 0.500. The number of nitrogens with zero attached hydrogens (tertiary/aromatic N) is 3. The lowest BCUT2D eigenvalue weighted by molar-refractivity contribution is -0.139. The number of hydrogen-bond acceptors (Lipinski definition) is 6. The molecule has 0 saturated carbocycles. The molecule has 0 bridgehead atoms. The molecule has 0 spiro atoms. The molecular weight excluding hydrogens is 458 g/mol. The van der Waals surface area contributed by atoms with Crippen LogP contribution in [0.1, 0.15) is 18.5 Å². The van der Waals surface area contributed by atoms with E-state index >= 15 is 0 Å². The van der Waals surface area contributed by atoms with Gasteiger partial charge in [-0.1, -0.05) is 23.7 Å². The number of esters is 1. The number of carbonyl (C=O) groups excluding carboxylic acids is 2. The molecule has 1 atom stereocenters. The Morgan fingerprint density at radius 2 is 1.81 bits per heavy atom. The van der Waals surface area contributed by atoms with Crippen LogP contribution >= 0.6 is 11.6 Å². The molecule has 1 unspecified atom stereocenters. The highest BCUT2D eigenvalue weighted by Crippen LogP contribution is 2.29. The molecule has 2 heterocycles. The average Bonchev–Trinajstić information content (AvgIpc) is 2.74. The summed E-state index contributed by atoms with van der Waals surface area (Å²) in [6.45, 7) is 3.74. The summed E-state index contributed by atoms with van der Waals surface area (Å²) in [6.07, 6.45) is 0. The second-order valence-corrected chi connectivity index (χ2v) is 10.2. The van der Waals surface area contributed by atoms with E-state index in [-0.39, 0.29) is 13.2 Å². The van der Waals surface area contributed by atoms with E-state index in [1.165, 1.54) is 22.7 Å². The topological polar surface area (TPSA) is 111 Å². The van der Waals surface area contributed by atoms with Gasteiger partial charge in [-0.15, -0.1) is 0 Å². The number of urea groups is 1. The lowest BCUT2D eigenvalue weighted by Crippen LogP contribution is -2.54. The van der Waals surface area contributed by atoms with Crippen LogP contribution in [0.15, 0.2) is 35.5 Å². The SMILES string of the molecule is CCOC(=O)C1=C(CN2CCN(S(=O)(=O)N(C)C)CC2)NC(=O)NC1c1ccc(Cl)cc1. The number of carbonyl (C=O) groups is 2. The second-order valence-electron chi connectivity index (χ2n) is 7.66. The quantitative estimate of drug-likeness (QED) is 0.556. The number of piperazine rings is 1. The number of benzene rings is 1. The van der Waals surface area contributed by atoms with Gasteiger partial charge in [-0.25, -0.2) is 9.59 Å². The largest absolute Gasteiger partial charge is 0.463 e. The van der Waals surface area contributed by atoms with Gasteiger partial charge in [0.2, 0.25) is 0 Å². The smallest absolute Gasteiger partial charge is 0.338 e. The normalized spacial score (nSPS) is 20.8. The van der Waals surface area contributed by atoms with E-state index in [1.807, 2.05) is 4.90 Å². The molecule has 2 aliphatic heterocycles. The van der Waals surface area contributed by atoms with Crippen molar-refractivity contribution in [3.8, 4) is 0 Å². The van der Waals surface area contributed by atoms with Crippen molar-refractivity contribution in [2.45, 2.75) is 13.0 Å². The van der Waals surface area contributed by atoms with Gasteiger partial charge in [-0.2, -0.15) is 17.0 Å². The van der Waals surface area contributed by atoms with Crippen LogP contribution in [0.2, 0.25) is 5.02 Å². The zero-order valence-corrected chi connectivity index (χ0v) is 19.9. The van der Waals surface area contributed by atoms with Gasteiger partial charge in [0.05, 0.1) is 18.2 Å². The summed E-state index contributed by atoms with van der Waals surface area (Å²) in [4.78, 5) is 27.3. The van der Waals surface area contributed by atoms with E-state index in [9.17, 15) is 18.0 Å². The van der Waals surface area contributed by atoms with E-state index in [4.69, 9.17) is 16.3 Å². The number of halogens is 1. The van der Waals surface area contributed by atoms with Crippen LogP contribution in [0.4, 0.5) is 4.79 Å². The molecule has 176 valence electrons. The van der Waals surface area contributed by atoms with Gasteiger partial charge < -0.3 is 15.4 Å². The third-order valence-electron chi connectivity index (χ3n) is 5.35. The molecule has 3 rings (SSSR count). The van der Waals surface area contributed by atoms with Crippen molar-refractivity contribution >= 4 is 33.8 Å². The first-order chi connectivity index (χ1) is 15.1. The Balaban J connectivity index is 1.85. The summed E-state index contributed by atoms with van der Waals surface area (Å²) in [7, 11) is -0.483. The van der Waals surface area contributed by atoms with Crippen LogP contribution in [0.3, 0.4) is 0 Å². The summed E-state index contributed by atoms with van der Waals surface area (Å²) in [5.41, 5.74) is 1.46. The monoisotopic (exact) mass is 485 g/mol. The van der Waals surface area contributed by atoms with Gasteiger partial charge in [0.1, 0.15) is 0 Å². The number of rotatable bonds is 7. The molecule has 2 N–H and O–H groups in total. The highest BCUT2D eigenvalue weighted by atomic mass is 35.5. The highest BCUT2D eigenvalue weighted by Gasteiger charge is 2.35. The van der Waals surface area contributed by atoms with Gasteiger partial charge in [-0.3, -0.25) is 4.90 Å². The third-order valence-corrected chi connectivity index (χ3v) is 7.55. The third kappa shape index (κ3) is 5.41. The lowest BCUT2D eigenvalue weighted by atomic mass is 9.95. The Morgan fingerprint density at radius 1 is 1.19 bits per heavy atom. The molecule has 1 saturated heterocycles. The van der Waals surface area contributed by atoms with Crippen molar-refractivity contribution < 1.29 is 22.7 Å². The molecule has 1 aromatic rings. The van der Waals surface area contributed by atoms with Crippen LogP contribution < -0.4 is 10.6 Å². The molecule has 2 aliphatic rings. The summed E-state index contributed by atoms with van der Waals surface area (Å²) < 4.78 is 32.6. The zero-order chi connectivity index (χ0) is 23.5. The zero-order valence-electron chi connectivity index (χ0n) is 18.3. The fourth-order valence-corrected chi connectivity index (χ4v) is 4.88. The Bertz CT molecular complexity index is 988. The number of amides is 2. The molecule has 1 fully saturated rings. The van der Waals surface area contributed by atoms with Crippen molar-refractivity contribution in [2.24, 2.45) is 0 Å². The van der Waals surface area contributed by atoms with Gasteiger partial charge in [0, 0.05) is 57.5 Å². The molecule has 0 aliphatic carbocycles. The first-order valence-electron chi connectivity index (χ1n) is 10.3. The molecule has 1 aromatic carbocycles. The van der Waals surface area contributed by atoms with Gasteiger partial charge >= 0.3 is 12.0 Å². The summed E-state index contributed by atoms with van der Waals surface area (Å²) in [6, 6.07) is 5.77. The Kier molecular flexibility index (Phi) is 7.78. The molecule has 2 amide bonds. The Hall–Kier alpha value is -2.18. The average molecular weight is 486 g/mol. The van der Waals surface area contributed by atoms with E-state index in [0.717, 1.165) is 0 Å². The minimum atomic E-state index is -3.48. The molecule has 12 heteroatoms. The van der Waals surface area contributed by atoms with Crippen molar-refractivity contribution in [3.05, 3.63) is 46.1 Å². The van der Waals surface area contributed by atoms with Gasteiger partial charge in [0.15, 0.2) is 0 Å². The predicted molar refractivity (Wildman–Crippen MR) is 120 cm³/mol. The van der Waals surface area contributed by atoms with E-state index in [2.05, 4.69) is 10.6 Å². The maximum Gasteiger partial charge on any atom is 0.338 e. The minimum absolute atomic E-state index is 0.192. The van der Waals surface area contributed by atoms with Crippen molar-refractivity contribution in [2.75, 3.05) is 53.4 Å². The van der Waals surface area contributed by atoms with Crippen molar-refractivity contribution in [1.29, 1.82) is 0 Å². The minimum Gasteiger partial charge on any atom is -0.463 e. The molecule has 0 radical (unpaired) electrons. The lowest BCUT2D eigenvalue weighted by Gasteiger charge is -2.37. The fourth-order valence-electron chi connectivity index (χ4n) is 3.67. The summed E-state index contributed by atoms with van der Waals surface area (Å²) >= 11 is 5.99. The van der Waals surface area contributed by atoms with E-state index < -0.39 is 28.3 Å². The van der Waals surface area contributed by atoms with Gasteiger partial charge in [-0.05, 0) is 24.6 Å². The summed E-state index contributed by atoms with van der Waals surface area (Å²) in [5, 5.41) is 6.07. The first-order valence-corrected chi connectivity index (χ1v) is 12.0. The Morgan fingerprint density at radius 3 is 2.38 bits per heavy atom. The molecule has 10 nitrogen and oxygen atoms in total. The van der Waals surface area contributed by atoms with E-state index in [1.54, 1.807) is 31.2 Å². The molecule has 32 heavy (non-hydrogen) atoms. The van der Waals surface area contributed by atoms with Crippen molar-refractivity contribution in [1.82, 2.24) is 24.1 Å². The van der Waals surface area contributed by atoms with Gasteiger partial charge in [0.25, 0.3) is 10.2 Å². The number of hydrogen-bond donors (Lipinski definition) is 2. The number of nitrogens with one attached hydrogen (secondary N) is 2. The second kappa shape index (κ2) is 10.2. The van der Waals surface area contributed by atoms with Crippen LogP contribution in [0.5, 0.6) is 0 Å². The molecular formula is C20H28ClN5O5S. The van der Waals surface area contributed by atoms with Crippen LogP contribution in [0.25, 0.3) is 0 Å². The van der Waals surface area contributed by atoms with Crippen LogP contribution in [-0.4, -0.2) is 87.4 Å².